The highest BCUT2D eigenvalue weighted by Gasteiger charge is 1.70. The van der Waals surface area contributed by atoms with Crippen molar-refractivity contribution in [1.82, 2.24) is 0 Å². The largest absolute Gasteiger partial charge is 0.390 e. The molecule has 0 amide bonds. The Balaban J connectivity index is 3.26. The van der Waals surface area contributed by atoms with E-state index in [1.54, 1.807) is 12.2 Å². The van der Waals surface area contributed by atoms with Gasteiger partial charge in [0.2, 0.25) is 0 Å². The molecule has 0 aliphatic rings. The Hall–Kier alpha value is -0.410. The van der Waals surface area contributed by atoms with Crippen LogP contribution in [-0.2, 0) is 0 Å². The molecule has 0 spiro atoms. The van der Waals surface area contributed by atoms with Crippen molar-refractivity contribution < 1.29 is 0 Å². The summed E-state index contributed by atoms with van der Waals surface area (Å²) in [7, 11) is 0. The van der Waals surface area contributed by atoms with Crippen LogP contribution >= 0.6 is 12.2 Å². The van der Waals surface area contributed by atoms with E-state index in [-0.39, 0.29) is 0 Å². The first kappa shape index (κ1) is 6.59. The summed E-state index contributed by atoms with van der Waals surface area (Å²) in [6.45, 7) is 0.497. The van der Waals surface area contributed by atoms with Gasteiger partial charge in [0.15, 0.2) is 0 Å². The number of hydrogen-bond donors (Lipinski definition) is 2. The van der Waals surface area contributed by atoms with E-state index in [1.165, 1.54) is 0 Å². The van der Waals surface area contributed by atoms with E-state index >= 15 is 0 Å². The molecule has 3 heteroatoms. The van der Waals surface area contributed by atoms with Gasteiger partial charge in [0.25, 0.3) is 0 Å². The van der Waals surface area contributed by atoms with E-state index in [9.17, 15) is 0 Å². The van der Waals surface area contributed by atoms with Crippen molar-refractivity contribution in [2.24, 2.45) is 11.5 Å². The first-order valence-corrected chi connectivity index (χ1v) is 2.34. The van der Waals surface area contributed by atoms with Crippen molar-refractivity contribution in [3.05, 3.63) is 12.2 Å². The van der Waals surface area contributed by atoms with Crippen molar-refractivity contribution in [2.45, 2.75) is 0 Å². The fourth-order valence-electron chi connectivity index (χ4n) is 0.184. The summed E-state index contributed by atoms with van der Waals surface area (Å²) in [5.74, 6) is 0. The topological polar surface area (TPSA) is 52.0 Å². The second-order valence-corrected chi connectivity index (χ2v) is 1.51. The molecule has 0 aromatic carbocycles. The lowest BCUT2D eigenvalue weighted by atomic mass is 10.5. The Bertz CT molecular complexity index is 87.7. The maximum absolute atomic E-state index is 5.07. The van der Waals surface area contributed by atoms with Gasteiger partial charge in [-0.3, -0.25) is 0 Å². The van der Waals surface area contributed by atoms with Crippen LogP contribution in [0, 0.1) is 0 Å². The average Bonchev–Trinajstić information content (AvgIpc) is 1.61. The number of rotatable bonds is 2. The molecule has 0 fully saturated rings. The predicted octanol–water partition coefficient (Wildman–Crippen LogP) is -0.213. The van der Waals surface area contributed by atoms with Crippen molar-refractivity contribution in [3.63, 3.8) is 0 Å². The zero-order chi connectivity index (χ0) is 5.70. The van der Waals surface area contributed by atoms with Crippen LogP contribution in [0.5, 0.6) is 0 Å². The minimum Gasteiger partial charge on any atom is -0.390 e. The number of nitrogens with two attached hydrogens (primary N) is 2. The lowest BCUT2D eigenvalue weighted by Gasteiger charge is -1.78. The molecule has 0 radical (unpaired) electrons. The normalized spacial score (nSPS) is 9.86. The molecule has 0 aliphatic carbocycles. The van der Waals surface area contributed by atoms with E-state index in [1.807, 2.05) is 0 Å². The molecule has 0 saturated heterocycles. The Kier molecular flexibility index (Phi) is 3.55. The van der Waals surface area contributed by atoms with Gasteiger partial charge in [-0.15, -0.1) is 0 Å². The molecule has 0 unspecified atom stereocenters. The molecule has 0 heterocycles. The minimum absolute atomic E-state index is 0.380. The molecule has 0 rings (SSSR count). The van der Waals surface area contributed by atoms with Gasteiger partial charge in [-0.1, -0.05) is 18.3 Å². The second-order valence-electron chi connectivity index (χ2n) is 1.04. The van der Waals surface area contributed by atoms with Gasteiger partial charge in [0, 0.05) is 6.54 Å². The highest BCUT2D eigenvalue weighted by atomic mass is 32.1. The molecule has 0 saturated carbocycles. The molecular formula is C4H8N2S. The summed E-state index contributed by atoms with van der Waals surface area (Å²) in [4.78, 5) is 0.380. The summed E-state index contributed by atoms with van der Waals surface area (Å²) in [6, 6.07) is 0. The van der Waals surface area contributed by atoms with Crippen molar-refractivity contribution >= 4 is 17.2 Å². The van der Waals surface area contributed by atoms with Crippen LogP contribution < -0.4 is 11.5 Å². The minimum atomic E-state index is 0.380. The predicted molar refractivity (Wildman–Crippen MR) is 35.0 cm³/mol. The molecule has 0 aliphatic heterocycles. The first-order chi connectivity index (χ1) is 3.27. The summed E-state index contributed by atoms with van der Waals surface area (Å²) in [5.41, 5.74) is 10.1. The van der Waals surface area contributed by atoms with E-state index in [2.05, 4.69) is 12.2 Å². The second kappa shape index (κ2) is 3.77. The van der Waals surface area contributed by atoms with Crippen LogP contribution in [0.4, 0.5) is 0 Å². The molecule has 0 bridgehead atoms. The van der Waals surface area contributed by atoms with Gasteiger partial charge < -0.3 is 11.5 Å². The molecule has 0 aromatic rings. The molecule has 0 atom stereocenters. The SMILES string of the molecule is NCC=CC(N)=S. The lowest BCUT2D eigenvalue weighted by Crippen LogP contribution is -2.04. The summed E-state index contributed by atoms with van der Waals surface area (Å²) in [5, 5.41) is 0. The smallest absolute Gasteiger partial charge is 0.0959 e. The monoisotopic (exact) mass is 116 g/mol. The summed E-state index contributed by atoms with van der Waals surface area (Å²) < 4.78 is 0. The van der Waals surface area contributed by atoms with Crippen molar-refractivity contribution in [2.75, 3.05) is 6.54 Å². The highest BCUT2D eigenvalue weighted by Crippen LogP contribution is 1.67. The fraction of sp³-hybridized carbons (Fsp3) is 0.250. The third-order valence-corrected chi connectivity index (χ3v) is 0.554. The molecule has 2 nitrogen and oxygen atoms in total. The van der Waals surface area contributed by atoms with Gasteiger partial charge in [0.1, 0.15) is 0 Å². The molecule has 0 aromatic heterocycles. The van der Waals surface area contributed by atoms with Crippen LogP contribution in [0.1, 0.15) is 0 Å². The quantitative estimate of drug-likeness (QED) is 0.387. The zero-order valence-corrected chi connectivity index (χ0v) is 4.74. The van der Waals surface area contributed by atoms with Gasteiger partial charge >= 0.3 is 0 Å². The zero-order valence-electron chi connectivity index (χ0n) is 3.92. The van der Waals surface area contributed by atoms with Crippen LogP contribution in [0.3, 0.4) is 0 Å². The molecule has 7 heavy (non-hydrogen) atoms. The van der Waals surface area contributed by atoms with Crippen molar-refractivity contribution in [1.29, 1.82) is 0 Å². The third-order valence-electron chi connectivity index (χ3n) is 0.418. The van der Waals surface area contributed by atoms with Crippen LogP contribution in [-0.4, -0.2) is 11.5 Å². The Morgan fingerprint density at radius 2 is 2.29 bits per heavy atom. The third kappa shape index (κ3) is 5.59. The van der Waals surface area contributed by atoms with Crippen LogP contribution in [0.2, 0.25) is 0 Å². The standard InChI is InChI=1S/C4H8N2S/c5-3-1-2-4(6)7/h1-2H,3,5H2,(H2,6,7). The number of hydrogen-bond acceptors (Lipinski definition) is 2. The highest BCUT2D eigenvalue weighted by molar-refractivity contribution is 7.80. The first-order valence-electron chi connectivity index (χ1n) is 1.93. The van der Waals surface area contributed by atoms with Crippen molar-refractivity contribution in [3.8, 4) is 0 Å². The average molecular weight is 116 g/mol. The molecule has 40 valence electrons. The Morgan fingerprint density at radius 1 is 1.71 bits per heavy atom. The van der Waals surface area contributed by atoms with Gasteiger partial charge in [0.05, 0.1) is 4.99 Å². The maximum atomic E-state index is 5.07. The number of thiocarbonyl (C=S) groups is 1. The molecule has 4 N–H and O–H groups in total. The van der Waals surface area contributed by atoms with Crippen LogP contribution in [0.15, 0.2) is 12.2 Å². The summed E-state index contributed by atoms with van der Waals surface area (Å²) >= 11 is 4.50. The molecular weight excluding hydrogens is 108 g/mol. The van der Waals surface area contributed by atoms with E-state index in [4.69, 9.17) is 11.5 Å². The van der Waals surface area contributed by atoms with E-state index < -0.39 is 0 Å². The van der Waals surface area contributed by atoms with Gasteiger partial charge in [-0.05, 0) is 6.08 Å². The van der Waals surface area contributed by atoms with E-state index in [0.29, 0.717) is 11.5 Å². The maximum Gasteiger partial charge on any atom is 0.0959 e. The van der Waals surface area contributed by atoms with Gasteiger partial charge in [-0.2, -0.15) is 0 Å². The van der Waals surface area contributed by atoms with Crippen LogP contribution in [0.25, 0.3) is 0 Å². The van der Waals surface area contributed by atoms with E-state index in [0.717, 1.165) is 0 Å². The van der Waals surface area contributed by atoms with Gasteiger partial charge in [-0.25, -0.2) is 0 Å². The lowest BCUT2D eigenvalue weighted by molar-refractivity contribution is 1.26. The Labute approximate surface area is 48.2 Å². The summed E-state index contributed by atoms with van der Waals surface area (Å²) in [6.07, 6.45) is 3.32. The fourth-order valence-corrected chi connectivity index (χ4v) is 0.280. The Morgan fingerprint density at radius 3 is 2.43 bits per heavy atom.